The molecule has 0 N–H and O–H groups in total. The standard InChI is InChI=1S/C23H15NO4/c25-23-22(18-9-5-2-6-10-18)20(16-7-3-1-4-8-16)15-21(28-23)17-11-13-19(14-12-17)24(26)27/h1-15H. The Morgan fingerprint density at radius 1 is 0.714 bits per heavy atom. The van der Waals surface area contributed by atoms with Crippen LogP contribution in [-0.2, 0) is 0 Å². The zero-order chi connectivity index (χ0) is 19.5. The largest absolute Gasteiger partial charge is 0.422 e. The smallest absolute Gasteiger partial charge is 0.344 e. The van der Waals surface area contributed by atoms with Gasteiger partial charge in [-0.15, -0.1) is 0 Å². The third-order valence-corrected chi connectivity index (χ3v) is 4.46. The monoisotopic (exact) mass is 369 g/mol. The molecule has 3 aromatic carbocycles. The third-order valence-electron chi connectivity index (χ3n) is 4.46. The molecule has 5 heteroatoms. The van der Waals surface area contributed by atoms with E-state index in [0.29, 0.717) is 16.9 Å². The number of benzene rings is 3. The van der Waals surface area contributed by atoms with E-state index in [9.17, 15) is 14.9 Å². The van der Waals surface area contributed by atoms with Crippen LogP contribution in [0, 0.1) is 10.1 Å². The molecular formula is C23H15NO4. The summed E-state index contributed by atoms with van der Waals surface area (Å²) in [6, 6.07) is 26.7. The van der Waals surface area contributed by atoms with Gasteiger partial charge in [-0.3, -0.25) is 10.1 Å². The summed E-state index contributed by atoms with van der Waals surface area (Å²) in [5, 5.41) is 10.9. The number of hydrogen-bond donors (Lipinski definition) is 0. The predicted molar refractivity (Wildman–Crippen MR) is 108 cm³/mol. The Hall–Kier alpha value is -3.99. The second-order valence-electron chi connectivity index (χ2n) is 6.22. The van der Waals surface area contributed by atoms with Crippen LogP contribution in [0.25, 0.3) is 33.6 Å². The Balaban J connectivity index is 1.93. The molecule has 0 bridgehead atoms. The molecule has 5 nitrogen and oxygen atoms in total. The average molecular weight is 369 g/mol. The van der Waals surface area contributed by atoms with Crippen molar-refractivity contribution < 1.29 is 9.34 Å². The molecule has 0 aliphatic carbocycles. The van der Waals surface area contributed by atoms with Crippen molar-refractivity contribution in [2.45, 2.75) is 0 Å². The Morgan fingerprint density at radius 2 is 1.29 bits per heavy atom. The first kappa shape index (κ1) is 17.4. The van der Waals surface area contributed by atoms with Gasteiger partial charge in [0.05, 0.1) is 10.5 Å². The first-order valence-corrected chi connectivity index (χ1v) is 8.67. The van der Waals surface area contributed by atoms with Gasteiger partial charge < -0.3 is 4.42 Å². The van der Waals surface area contributed by atoms with E-state index in [-0.39, 0.29) is 5.69 Å². The number of hydrogen-bond acceptors (Lipinski definition) is 4. The van der Waals surface area contributed by atoms with Gasteiger partial charge in [-0.05, 0) is 29.3 Å². The van der Waals surface area contributed by atoms with Gasteiger partial charge in [-0.1, -0.05) is 60.7 Å². The van der Waals surface area contributed by atoms with Gasteiger partial charge in [0.2, 0.25) is 0 Å². The molecule has 1 heterocycles. The molecule has 0 fully saturated rings. The van der Waals surface area contributed by atoms with E-state index in [1.807, 2.05) is 60.7 Å². The SMILES string of the molecule is O=c1oc(-c2ccc([N+](=O)[O-])cc2)cc(-c2ccccc2)c1-c1ccccc1. The number of nitro groups is 1. The summed E-state index contributed by atoms with van der Waals surface area (Å²) < 4.78 is 5.59. The number of nitro benzene ring substituents is 1. The van der Waals surface area contributed by atoms with Crippen LogP contribution in [0.3, 0.4) is 0 Å². The van der Waals surface area contributed by atoms with Crippen molar-refractivity contribution in [2.75, 3.05) is 0 Å². The van der Waals surface area contributed by atoms with Crippen molar-refractivity contribution in [3.8, 4) is 33.6 Å². The minimum atomic E-state index is -0.464. The molecule has 0 saturated heterocycles. The molecule has 136 valence electrons. The van der Waals surface area contributed by atoms with Crippen LogP contribution < -0.4 is 5.63 Å². The molecule has 0 unspecified atom stereocenters. The highest BCUT2D eigenvalue weighted by Crippen LogP contribution is 2.33. The summed E-state index contributed by atoms with van der Waals surface area (Å²) in [5.41, 5.74) is 3.01. The third kappa shape index (κ3) is 3.33. The van der Waals surface area contributed by atoms with Crippen LogP contribution in [-0.4, -0.2) is 4.92 Å². The van der Waals surface area contributed by atoms with Gasteiger partial charge in [0, 0.05) is 23.3 Å². The highest BCUT2D eigenvalue weighted by molar-refractivity contribution is 5.84. The van der Waals surface area contributed by atoms with E-state index in [0.717, 1.165) is 16.7 Å². The van der Waals surface area contributed by atoms with Crippen molar-refractivity contribution in [3.05, 3.63) is 112 Å². The van der Waals surface area contributed by atoms with E-state index in [4.69, 9.17) is 4.42 Å². The maximum atomic E-state index is 12.9. The molecule has 0 spiro atoms. The first-order chi connectivity index (χ1) is 13.6. The van der Waals surface area contributed by atoms with E-state index < -0.39 is 10.5 Å². The van der Waals surface area contributed by atoms with Crippen LogP contribution in [0.5, 0.6) is 0 Å². The Morgan fingerprint density at radius 3 is 1.86 bits per heavy atom. The summed E-state index contributed by atoms with van der Waals surface area (Å²) in [6.45, 7) is 0. The lowest BCUT2D eigenvalue weighted by Crippen LogP contribution is -2.06. The summed E-state index contributed by atoms with van der Waals surface area (Å²) in [4.78, 5) is 23.3. The van der Waals surface area contributed by atoms with E-state index in [1.54, 1.807) is 18.2 Å². The number of rotatable bonds is 4. The van der Waals surface area contributed by atoms with Gasteiger partial charge in [0.15, 0.2) is 0 Å². The second-order valence-corrected chi connectivity index (χ2v) is 6.22. The summed E-state index contributed by atoms with van der Waals surface area (Å²) >= 11 is 0. The first-order valence-electron chi connectivity index (χ1n) is 8.67. The number of nitrogens with zero attached hydrogens (tertiary/aromatic N) is 1. The van der Waals surface area contributed by atoms with Crippen LogP contribution in [0.2, 0.25) is 0 Å². The lowest BCUT2D eigenvalue weighted by molar-refractivity contribution is -0.384. The molecule has 0 atom stereocenters. The second kappa shape index (κ2) is 7.32. The maximum absolute atomic E-state index is 12.9. The molecule has 0 aliphatic heterocycles. The fraction of sp³-hybridized carbons (Fsp3) is 0. The van der Waals surface area contributed by atoms with Crippen molar-refractivity contribution in [1.29, 1.82) is 0 Å². The fourth-order valence-corrected chi connectivity index (χ4v) is 3.11. The van der Waals surface area contributed by atoms with Gasteiger partial charge in [-0.2, -0.15) is 0 Å². The molecule has 0 saturated carbocycles. The predicted octanol–water partition coefficient (Wildman–Crippen LogP) is 5.55. The molecule has 0 aliphatic rings. The van der Waals surface area contributed by atoms with Gasteiger partial charge in [0.25, 0.3) is 5.69 Å². The lowest BCUT2D eigenvalue weighted by Gasteiger charge is -2.11. The lowest BCUT2D eigenvalue weighted by atomic mass is 9.95. The van der Waals surface area contributed by atoms with Gasteiger partial charge in [-0.25, -0.2) is 4.79 Å². The summed E-state index contributed by atoms with van der Waals surface area (Å²) in [6.07, 6.45) is 0. The van der Waals surface area contributed by atoms with Crippen LogP contribution >= 0.6 is 0 Å². The molecule has 1 aromatic heterocycles. The summed E-state index contributed by atoms with van der Waals surface area (Å²) in [7, 11) is 0. The highest BCUT2D eigenvalue weighted by Gasteiger charge is 2.16. The topological polar surface area (TPSA) is 73.3 Å². The summed E-state index contributed by atoms with van der Waals surface area (Å²) in [5.74, 6) is 0.360. The van der Waals surface area contributed by atoms with Crippen LogP contribution in [0.4, 0.5) is 5.69 Å². The molecule has 4 rings (SSSR count). The van der Waals surface area contributed by atoms with Crippen molar-refractivity contribution in [2.24, 2.45) is 0 Å². The molecule has 4 aromatic rings. The maximum Gasteiger partial charge on any atom is 0.344 e. The van der Waals surface area contributed by atoms with Gasteiger partial charge >= 0.3 is 5.63 Å². The van der Waals surface area contributed by atoms with Crippen molar-refractivity contribution in [3.63, 3.8) is 0 Å². The van der Waals surface area contributed by atoms with Gasteiger partial charge in [0.1, 0.15) is 5.76 Å². The van der Waals surface area contributed by atoms with Crippen molar-refractivity contribution in [1.82, 2.24) is 0 Å². The zero-order valence-corrected chi connectivity index (χ0v) is 14.7. The minimum absolute atomic E-state index is 0.0183. The minimum Gasteiger partial charge on any atom is -0.422 e. The average Bonchev–Trinajstić information content (AvgIpc) is 2.74. The van der Waals surface area contributed by atoms with E-state index in [1.165, 1.54) is 12.1 Å². The fourth-order valence-electron chi connectivity index (χ4n) is 3.11. The van der Waals surface area contributed by atoms with E-state index >= 15 is 0 Å². The quantitative estimate of drug-likeness (QED) is 0.349. The molecule has 0 amide bonds. The Bertz CT molecular complexity index is 1180. The Kier molecular flexibility index (Phi) is 4.56. The van der Waals surface area contributed by atoms with Crippen LogP contribution in [0.1, 0.15) is 0 Å². The normalized spacial score (nSPS) is 10.6. The zero-order valence-electron chi connectivity index (χ0n) is 14.7. The molecular weight excluding hydrogens is 354 g/mol. The molecule has 0 radical (unpaired) electrons. The Labute approximate surface area is 160 Å². The molecule has 28 heavy (non-hydrogen) atoms. The van der Waals surface area contributed by atoms with Crippen LogP contribution in [0.15, 0.2) is 100 Å². The number of non-ortho nitro benzene ring substituents is 1. The van der Waals surface area contributed by atoms with E-state index in [2.05, 4.69) is 0 Å². The highest BCUT2D eigenvalue weighted by atomic mass is 16.6. The van der Waals surface area contributed by atoms with Crippen molar-refractivity contribution >= 4 is 5.69 Å².